The van der Waals surface area contributed by atoms with Crippen molar-refractivity contribution in [1.29, 1.82) is 0 Å². The first-order valence-electron chi connectivity index (χ1n) is 13.7. The first-order valence-corrected chi connectivity index (χ1v) is 15.7. The summed E-state index contributed by atoms with van der Waals surface area (Å²) in [4.78, 5) is 34.4. The molecule has 224 valence electrons. The highest BCUT2D eigenvalue weighted by Gasteiger charge is 2.33. The van der Waals surface area contributed by atoms with E-state index < -0.39 is 23.4 Å². The number of aromatic nitrogens is 1. The molecule has 3 aromatic rings. The van der Waals surface area contributed by atoms with E-state index in [0.717, 1.165) is 9.75 Å². The van der Waals surface area contributed by atoms with Crippen molar-refractivity contribution < 1.29 is 24.2 Å². The zero-order chi connectivity index (χ0) is 30.7. The summed E-state index contributed by atoms with van der Waals surface area (Å²) < 4.78 is 12.1. The largest absolute Gasteiger partial charge is 0.444 e. The van der Waals surface area contributed by atoms with Gasteiger partial charge in [0.1, 0.15) is 28.5 Å². The summed E-state index contributed by atoms with van der Waals surface area (Å²) in [6.45, 7) is 10.9. The van der Waals surface area contributed by atoms with Crippen LogP contribution >= 0.6 is 34.3 Å². The molecule has 0 aliphatic heterocycles. The van der Waals surface area contributed by atoms with Crippen molar-refractivity contribution in [2.45, 2.75) is 84.1 Å². The number of alkyl carbamates (subject to hydrolysis) is 1. The number of amides is 2. The predicted molar refractivity (Wildman–Crippen MR) is 170 cm³/mol. The van der Waals surface area contributed by atoms with Crippen molar-refractivity contribution in [2.75, 3.05) is 11.5 Å². The number of aliphatic hydroxyl groups is 1. The molecule has 0 spiro atoms. The van der Waals surface area contributed by atoms with Crippen LogP contribution in [0.3, 0.4) is 0 Å². The molecule has 8 nitrogen and oxygen atoms in total. The van der Waals surface area contributed by atoms with E-state index in [1.54, 1.807) is 11.0 Å². The standard InChI is InChI=1S/C31H36ClN3O5S2/c1-30(2,3)39-28(37)33-22-14-8-7-12-20(22)26-21(13-9-15-36)25-27(42-26)23(17-24(32)34-25)35(18-19-11-10-16-41-19)29(38)40-31(4,5)6/h7-8,10-11,16-17,20,22,36H,12,14-15,18H2,1-6H3,(H,33,37)/t20-,22-/m0/s1. The molecule has 0 fully saturated rings. The van der Waals surface area contributed by atoms with Gasteiger partial charge in [-0.15, -0.1) is 22.7 Å². The number of halogens is 1. The molecule has 0 radical (unpaired) electrons. The van der Waals surface area contributed by atoms with E-state index in [4.69, 9.17) is 21.1 Å². The number of fused-ring (bicyclic) bond motifs is 1. The van der Waals surface area contributed by atoms with Crippen molar-refractivity contribution in [3.05, 3.63) is 56.2 Å². The third kappa shape index (κ3) is 8.04. The molecule has 42 heavy (non-hydrogen) atoms. The highest BCUT2D eigenvalue weighted by Crippen LogP contribution is 2.45. The maximum absolute atomic E-state index is 13.6. The van der Waals surface area contributed by atoms with Gasteiger partial charge in [-0.2, -0.15) is 0 Å². The second kappa shape index (κ2) is 13.0. The maximum atomic E-state index is 13.6. The molecule has 2 amide bonds. The smallest absolute Gasteiger partial charge is 0.415 e. The molecule has 3 heterocycles. The summed E-state index contributed by atoms with van der Waals surface area (Å²) in [5, 5.41) is 14.8. The van der Waals surface area contributed by atoms with Gasteiger partial charge in [0, 0.05) is 27.8 Å². The van der Waals surface area contributed by atoms with E-state index in [9.17, 15) is 14.7 Å². The van der Waals surface area contributed by atoms with Gasteiger partial charge in [0.25, 0.3) is 0 Å². The number of hydrogen-bond donors (Lipinski definition) is 2. The zero-order valence-corrected chi connectivity index (χ0v) is 27.0. The first kappa shape index (κ1) is 31.8. The van der Waals surface area contributed by atoms with Crippen molar-refractivity contribution >= 4 is 62.4 Å². The zero-order valence-electron chi connectivity index (χ0n) is 24.6. The van der Waals surface area contributed by atoms with Gasteiger partial charge in [0.05, 0.1) is 22.5 Å². The minimum absolute atomic E-state index is 0.149. The van der Waals surface area contributed by atoms with Crippen LogP contribution in [0.2, 0.25) is 5.15 Å². The predicted octanol–water partition coefficient (Wildman–Crippen LogP) is 7.62. The number of nitrogens with one attached hydrogen (secondary N) is 1. The van der Waals surface area contributed by atoms with Crippen molar-refractivity contribution in [2.24, 2.45) is 0 Å². The quantitative estimate of drug-likeness (QED) is 0.171. The molecule has 1 aliphatic rings. The van der Waals surface area contributed by atoms with E-state index in [1.807, 2.05) is 65.1 Å². The third-order valence-electron chi connectivity index (χ3n) is 6.18. The lowest BCUT2D eigenvalue weighted by Gasteiger charge is -2.30. The fourth-order valence-corrected chi connectivity index (χ4v) is 6.87. The Morgan fingerprint density at radius 1 is 1.17 bits per heavy atom. The monoisotopic (exact) mass is 629 g/mol. The van der Waals surface area contributed by atoms with Gasteiger partial charge in [-0.3, -0.25) is 4.90 Å². The molecule has 3 aromatic heterocycles. The van der Waals surface area contributed by atoms with Crippen molar-refractivity contribution in [1.82, 2.24) is 10.3 Å². The number of rotatable bonds is 5. The molecule has 0 unspecified atom stereocenters. The lowest BCUT2D eigenvalue weighted by molar-refractivity contribution is 0.0494. The second-order valence-corrected chi connectivity index (χ2v) is 14.4. The van der Waals surface area contributed by atoms with Gasteiger partial charge >= 0.3 is 12.2 Å². The fourth-order valence-electron chi connectivity index (χ4n) is 4.59. The number of allylic oxidation sites excluding steroid dienone is 1. The minimum atomic E-state index is -0.714. The Kier molecular flexibility index (Phi) is 9.88. The number of nitrogens with zero attached hydrogens (tertiary/aromatic N) is 2. The summed E-state index contributed by atoms with van der Waals surface area (Å²) in [7, 11) is 0. The Balaban J connectivity index is 1.86. The number of thiophene rings is 2. The van der Waals surface area contributed by atoms with Gasteiger partial charge in [-0.1, -0.05) is 41.7 Å². The average molecular weight is 630 g/mol. The van der Waals surface area contributed by atoms with Crippen LogP contribution in [-0.2, 0) is 16.0 Å². The Labute approximate surface area is 259 Å². The number of hydrogen-bond acceptors (Lipinski definition) is 8. The number of carbonyl (C=O) groups excluding carboxylic acids is 2. The number of aliphatic hydroxyl groups excluding tert-OH is 1. The second-order valence-electron chi connectivity index (χ2n) is 11.9. The van der Waals surface area contributed by atoms with E-state index >= 15 is 0 Å². The van der Waals surface area contributed by atoms with E-state index in [1.165, 1.54) is 22.7 Å². The molecular formula is C31H36ClN3O5S2. The average Bonchev–Trinajstić information content (AvgIpc) is 3.51. The third-order valence-corrected chi connectivity index (χ3v) is 8.57. The Morgan fingerprint density at radius 2 is 1.88 bits per heavy atom. The van der Waals surface area contributed by atoms with Crippen LogP contribution in [0.15, 0.2) is 35.7 Å². The van der Waals surface area contributed by atoms with Crippen LogP contribution in [-0.4, -0.2) is 46.1 Å². The normalized spacial score (nSPS) is 17.0. The summed E-state index contributed by atoms with van der Waals surface area (Å²) in [5.41, 5.74) is 0.351. The first-order chi connectivity index (χ1) is 19.8. The van der Waals surface area contributed by atoms with Crippen LogP contribution in [0, 0.1) is 11.8 Å². The fraction of sp³-hybridized carbons (Fsp3) is 0.452. The Hall–Kier alpha value is -3.10. The lowest BCUT2D eigenvalue weighted by Crippen LogP contribution is -2.42. The van der Waals surface area contributed by atoms with Crippen LogP contribution in [0.4, 0.5) is 15.3 Å². The maximum Gasteiger partial charge on any atom is 0.415 e. The molecule has 4 rings (SSSR count). The molecule has 2 atom stereocenters. The Bertz CT molecular complexity index is 1520. The van der Waals surface area contributed by atoms with Crippen molar-refractivity contribution in [3.63, 3.8) is 0 Å². The number of pyridine rings is 1. The lowest BCUT2D eigenvalue weighted by atomic mass is 9.86. The van der Waals surface area contributed by atoms with Gasteiger partial charge in [0.2, 0.25) is 0 Å². The summed E-state index contributed by atoms with van der Waals surface area (Å²) in [6.07, 6.45) is 4.37. The minimum Gasteiger partial charge on any atom is -0.444 e. The summed E-state index contributed by atoms with van der Waals surface area (Å²) >= 11 is 9.58. The number of carbonyl (C=O) groups is 2. The summed E-state index contributed by atoms with van der Waals surface area (Å²) in [5.74, 6) is 5.70. The molecule has 0 aromatic carbocycles. The highest BCUT2D eigenvalue weighted by atomic mass is 35.5. The molecule has 0 saturated carbocycles. The van der Waals surface area contributed by atoms with E-state index in [2.05, 4.69) is 28.2 Å². The molecule has 2 N–H and O–H groups in total. The number of anilines is 1. The van der Waals surface area contributed by atoms with Crippen molar-refractivity contribution in [3.8, 4) is 11.8 Å². The van der Waals surface area contributed by atoms with Gasteiger partial charge in [-0.05, 0) is 65.8 Å². The van der Waals surface area contributed by atoms with Crippen LogP contribution in [0.25, 0.3) is 10.2 Å². The molecule has 0 saturated heterocycles. The molecular weight excluding hydrogens is 594 g/mol. The van der Waals surface area contributed by atoms with Gasteiger partial charge in [-0.25, -0.2) is 14.6 Å². The number of ether oxygens (including phenoxy) is 2. The Morgan fingerprint density at radius 3 is 2.52 bits per heavy atom. The van der Waals surface area contributed by atoms with Gasteiger partial charge in [0.15, 0.2) is 0 Å². The van der Waals surface area contributed by atoms with E-state index in [-0.39, 0.29) is 30.3 Å². The molecule has 0 bridgehead atoms. The van der Waals surface area contributed by atoms with Crippen LogP contribution in [0.5, 0.6) is 0 Å². The molecule has 11 heteroatoms. The van der Waals surface area contributed by atoms with E-state index in [0.29, 0.717) is 34.3 Å². The summed E-state index contributed by atoms with van der Waals surface area (Å²) in [6, 6.07) is 5.30. The molecule has 1 aliphatic carbocycles. The van der Waals surface area contributed by atoms with Gasteiger partial charge < -0.3 is 19.9 Å². The highest BCUT2D eigenvalue weighted by molar-refractivity contribution is 7.20. The van der Waals surface area contributed by atoms with Crippen LogP contribution in [0.1, 0.15) is 75.6 Å². The SMILES string of the molecule is CC(C)(C)OC(=O)N[C@H]1CC=CC[C@@H]1c1sc2c(N(Cc3cccs3)C(=O)OC(C)(C)C)cc(Cl)nc2c1C#CCO. The van der Waals surface area contributed by atoms with Crippen LogP contribution < -0.4 is 10.2 Å². The topological polar surface area (TPSA) is 101 Å².